The Morgan fingerprint density at radius 3 is 3.00 bits per heavy atom. The molecule has 1 N–H and O–H groups in total. The van der Waals surface area contributed by atoms with Gasteiger partial charge in [0.05, 0.1) is 32.8 Å². The van der Waals surface area contributed by atoms with Crippen molar-refractivity contribution < 1.29 is 9.53 Å². The number of ether oxygens (including phenoxy) is 1. The van der Waals surface area contributed by atoms with Crippen LogP contribution in [0.5, 0.6) is 5.75 Å². The second kappa shape index (κ2) is 8.91. The third-order valence-electron chi connectivity index (χ3n) is 3.97. The van der Waals surface area contributed by atoms with E-state index in [1.165, 1.54) is 11.3 Å². The first-order chi connectivity index (χ1) is 13.0. The van der Waals surface area contributed by atoms with Crippen LogP contribution in [0.25, 0.3) is 0 Å². The molecule has 8 heteroatoms. The topological polar surface area (TPSA) is 56.2 Å². The van der Waals surface area contributed by atoms with E-state index in [0.29, 0.717) is 28.8 Å². The highest BCUT2D eigenvalue weighted by Gasteiger charge is 2.13. The summed E-state index contributed by atoms with van der Waals surface area (Å²) >= 11 is 11.0. The van der Waals surface area contributed by atoms with Crippen LogP contribution in [0.1, 0.15) is 33.4 Å². The number of nitrogens with one attached hydrogen (secondary N) is 1. The molecule has 0 saturated carbocycles. The van der Waals surface area contributed by atoms with Gasteiger partial charge in [-0.15, -0.1) is 11.3 Å². The third-order valence-corrected chi connectivity index (χ3v) is 5.92. The van der Waals surface area contributed by atoms with Gasteiger partial charge in [0.15, 0.2) is 0 Å². The summed E-state index contributed by atoms with van der Waals surface area (Å²) < 4.78 is 8.53. The van der Waals surface area contributed by atoms with Crippen molar-refractivity contribution in [2.75, 3.05) is 0 Å². The minimum atomic E-state index is -0.115. The number of carbonyl (C=O) groups excluding carboxylic acids is 1. The summed E-state index contributed by atoms with van der Waals surface area (Å²) in [5.41, 5.74) is 2.96. The van der Waals surface area contributed by atoms with Gasteiger partial charge in [-0.25, -0.2) is 0 Å². The van der Waals surface area contributed by atoms with E-state index in [4.69, 9.17) is 16.3 Å². The predicted molar refractivity (Wildman–Crippen MR) is 112 cm³/mol. The Kier molecular flexibility index (Phi) is 6.57. The summed E-state index contributed by atoms with van der Waals surface area (Å²) in [6, 6.07) is 7.50. The molecule has 142 valence electrons. The maximum absolute atomic E-state index is 12.4. The van der Waals surface area contributed by atoms with E-state index in [2.05, 4.69) is 26.3 Å². The maximum Gasteiger partial charge on any atom is 0.261 e. The van der Waals surface area contributed by atoms with Crippen molar-refractivity contribution in [3.05, 3.63) is 67.0 Å². The largest absolute Gasteiger partial charge is 0.487 e. The Hall–Kier alpha value is -1.83. The molecule has 1 aromatic carbocycles. The molecule has 5 nitrogen and oxygen atoms in total. The van der Waals surface area contributed by atoms with E-state index in [9.17, 15) is 4.79 Å². The Balaban J connectivity index is 1.59. The van der Waals surface area contributed by atoms with Crippen LogP contribution in [0.3, 0.4) is 0 Å². The van der Waals surface area contributed by atoms with Gasteiger partial charge in [-0.3, -0.25) is 9.48 Å². The molecule has 3 rings (SSSR count). The van der Waals surface area contributed by atoms with E-state index in [1.807, 2.05) is 48.2 Å². The molecule has 0 bridgehead atoms. The minimum absolute atomic E-state index is 0.115. The number of carbonyl (C=O) groups is 1. The normalized spacial score (nSPS) is 10.8. The Bertz CT molecular complexity index is 954. The first-order valence-electron chi connectivity index (χ1n) is 8.42. The van der Waals surface area contributed by atoms with Crippen molar-refractivity contribution in [1.29, 1.82) is 0 Å². The van der Waals surface area contributed by atoms with Crippen LogP contribution in [-0.2, 0) is 19.7 Å². The fourth-order valence-electron chi connectivity index (χ4n) is 2.54. The van der Waals surface area contributed by atoms with E-state index in [-0.39, 0.29) is 5.91 Å². The fraction of sp³-hybridized carbons (Fsp3) is 0.263. The summed E-state index contributed by atoms with van der Waals surface area (Å²) in [7, 11) is 0. The SMILES string of the molecule is CCn1ncc(Br)c1CNC(=O)c1cc(COc2cc(C)ccc2Cl)cs1. The van der Waals surface area contributed by atoms with Gasteiger partial charge in [0.25, 0.3) is 5.91 Å². The van der Waals surface area contributed by atoms with E-state index in [1.54, 1.807) is 6.20 Å². The zero-order chi connectivity index (χ0) is 19.4. The lowest BCUT2D eigenvalue weighted by atomic mass is 10.2. The van der Waals surface area contributed by atoms with Gasteiger partial charge in [0.1, 0.15) is 12.4 Å². The van der Waals surface area contributed by atoms with Crippen LogP contribution in [0, 0.1) is 6.92 Å². The molecular weight excluding hydrogens is 450 g/mol. The van der Waals surface area contributed by atoms with Crippen LogP contribution in [0.2, 0.25) is 5.02 Å². The quantitative estimate of drug-likeness (QED) is 0.519. The van der Waals surface area contributed by atoms with Gasteiger partial charge in [-0.2, -0.15) is 5.10 Å². The molecule has 3 aromatic rings. The lowest BCUT2D eigenvalue weighted by Crippen LogP contribution is -2.23. The standard InChI is InChI=1S/C19H19BrClN3O2S/c1-3-24-16(14(20)8-23-24)9-22-19(25)18-7-13(11-27-18)10-26-17-6-12(2)4-5-15(17)21/h4-8,11H,3,9-10H2,1-2H3,(H,22,25). The number of nitrogens with zero attached hydrogens (tertiary/aromatic N) is 2. The summed E-state index contributed by atoms with van der Waals surface area (Å²) in [6.45, 7) is 5.52. The summed E-state index contributed by atoms with van der Waals surface area (Å²) in [6.07, 6.45) is 1.74. The summed E-state index contributed by atoms with van der Waals surface area (Å²) in [5.74, 6) is 0.530. The molecule has 0 aliphatic heterocycles. The molecule has 0 fully saturated rings. The van der Waals surface area contributed by atoms with Gasteiger partial charge in [-0.1, -0.05) is 17.7 Å². The third kappa shape index (κ3) is 4.91. The number of amides is 1. The van der Waals surface area contributed by atoms with Gasteiger partial charge in [-0.05, 0) is 58.9 Å². The maximum atomic E-state index is 12.4. The summed E-state index contributed by atoms with van der Waals surface area (Å²) in [5, 5.41) is 9.69. The first-order valence-corrected chi connectivity index (χ1v) is 10.5. The Morgan fingerprint density at radius 2 is 2.22 bits per heavy atom. The summed E-state index contributed by atoms with van der Waals surface area (Å²) in [4.78, 5) is 13.1. The molecule has 0 saturated heterocycles. The van der Waals surface area contributed by atoms with E-state index >= 15 is 0 Å². The second-order valence-corrected chi connectivity index (χ2v) is 8.15. The molecule has 0 spiro atoms. The smallest absolute Gasteiger partial charge is 0.261 e. The zero-order valence-corrected chi connectivity index (χ0v) is 18.1. The number of aromatic nitrogens is 2. The molecule has 0 atom stereocenters. The molecule has 0 aliphatic carbocycles. The zero-order valence-electron chi connectivity index (χ0n) is 15.0. The van der Waals surface area contributed by atoms with Crippen molar-refractivity contribution in [2.24, 2.45) is 0 Å². The van der Waals surface area contributed by atoms with Crippen LogP contribution < -0.4 is 10.1 Å². The molecule has 1 amide bonds. The van der Waals surface area contributed by atoms with Crippen LogP contribution in [-0.4, -0.2) is 15.7 Å². The van der Waals surface area contributed by atoms with Gasteiger partial charge < -0.3 is 10.1 Å². The van der Waals surface area contributed by atoms with Crippen molar-refractivity contribution in [3.8, 4) is 5.75 Å². The van der Waals surface area contributed by atoms with Crippen molar-refractivity contribution in [1.82, 2.24) is 15.1 Å². The fourth-order valence-corrected chi connectivity index (χ4v) is 3.96. The molecule has 2 aromatic heterocycles. The molecule has 27 heavy (non-hydrogen) atoms. The molecule has 2 heterocycles. The van der Waals surface area contributed by atoms with Crippen molar-refractivity contribution in [2.45, 2.75) is 33.5 Å². The second-order valence-electron chi connectivity index (χ2n) is 5.98. The average Bonchev–Trinajstić information content (AvgIpc) is 3.27. The number of aryl methyl sites for hydroxylation is 2. The van der Waals surface area contributed by atoms with Gasteiger partial charge >= 0.3 is 0 Å². The molecular formula is C19H19BrClN3O2S. The van der Waals surface area contributed by atoms with Crippen LogP contribution in [0.4, 0.5) is 0 Å². The Labute approximate surface area is 175 Å². The van der Waals surface area contributed by atoms with Crippen LogP contribution in [0.15, 0.2) is 40.3 Å². The number of halogens is 2. The van der Waals surface area contributed by atoms with Crippen molar-refractivity contribution in [3.63, 3.8) is 0 Å². The van der Waals surface area contributed by atoms with Gasteiger partial charge in [0.2, 0.25) is 0 Å². The minimum Gasteiger partial charge on any atom is -0.487 e. The molecule has 0 unspecified atom stereocenters. The number of hydrogen-bond acceptors (Lipinski definition) is 4. The Morgan fingerprint density at radius 1 is 1.41 bits per heavy atom. The van der Waals surface area contributed by atoms with Gasteiger partial charge in [0, 0.05) is 12.1 Å². The van der Waals surface area contributed by atoms with E-state index in [0.717, 1.165) is 27.8 Å². The first kappa shape index (κ1) is 19.9. The molecule has 0 aliphatic rings. The number of rotatable bonds is 7. The van der Waals surface area contributed by atoms with Crippen molar-refractivity contribution >= 4 is 44.8 Å². The average molecular weight is 469 g/mol. The highest BCUT2D eigenvalue weighted by Crippen LogP contribution is 2.27. The lowest BCUT2D eigenvalue weighted by molar-refractivity contribution is 0.0954. The lowest BCUT2D eigenvalue weighted by Gasteiger charge is -2.08. The highest BCUT2D eigenvalue weighted by molar-refractivity contribution is 9.10. The number of hydrogen-bond donors (Lipinski definition) is 1. The highest BCUT2D eigenvalue weighted by atomic mass is 79.9. The van der Waals surface area contributed by atoms with Crippen LogP contribution >= 0.6 is 38.9 Å². The molecule has 0 radical (unpaired) electrons. The number of benzene rings is 1. The van der Waals surface area contributed by atoms with E-state index < -0.39 is 0 Å². The number of thiophene rings is 1. The predicted octanol–water partition coefficient (Wildman–Crippen LogP) is 5.20. The monoisotopic (exact) mass is 467 g/mol.